The Morgan fingerprint density at radius 2 is 1.34 bits per heavy atom. The Balaban J connectivity index is 1.53. The molecule has 0 radical (unpaired) electrons. The number of anilines is 3. The number of rotatable bonds is 22. The predicted molar refractivity (Wildman–Crippen MR) is 222 cm³/mol. The fourth-order valence-electron chi connectivity index (χ4n) is 5.54. The maximum absolute atomic E-state index is 13.8. The van der Waals surface area contributed by atoms with Crippen molar-refractivity contribution in [1.29, 1.82) is 5.26 Å². The number of Topliss-reactive ketones (excluding diaryl/α,β-unsaturated/α-hetero) is 1. The molecule has 3 aromatic carbocycles. The van der Waals surface area contributed by atoms with Gasteiger partial charge in [-0.05, 0) is 54.6 Å². The lowest BCUT2D eigenvalue weighted by Crippen LogP contribution is -2.25. The molecule has 0 bridgehead atoms. The number of nitrogens with one attached hydrogen (secondary N) is 3. The highest BCUT2D eigenvalue weighted by molar-refractivity contribution is 6.10. The number of amides is 3. The Labute approximate surface area is 349 Å². The molecule has 0 unspecified atom stereocenters. The van der Waals surface area contributed by atoms with E-state index < -0.39 is 40.3 Å². The topological polar surface area (TPSA) is 247 Å². The van der Waals surface area contributed by atoms with Gasteiger partial charge in [-0.15, -0.1) is 0 Å². The molecule has 1 heterocycles. The summed E-state index contributed by atoms with van der Waals surface area (Å²) in [6.45, 7) is 10.7. The zero-order valence-corrected chi connectivity index (χ0v) is 33.1. The lowest BCUT2D eigenvalue weighted by molar-refractivity contribution is -0.385. The number of hydrogen-bond donors (Lipinski definition) is 3. The summed E-state index contributed by atoms with van der Waals surface area (Å²) in [5.41, 5.74) is 0.295. The molecule has 3 amide bonds. The van der Waals surface area contributed by atoms with Gasteiger partial charge in [0, 0.05) is 30.2 Å². The second-order valence-corrected chi connectivity index (χ2v) is 12.5. The van der Waals surface area contributed by atoms with Gasteiger partial charge in [0.05, 0.1) is 48.1 Å². The van der Waals surface area contributed by atoms with Gasteiger partial charge in [-0.2, -0.15) is 5.26 Å². The number of methoxy groups -OCH3 is 2. The molecule has 0 fully saturated rings. The quantitative estimate of drug-likeness (QED) is 0.0244. The highest BCUT2D eigenvalue weighted by Gasteiger charge is 2.27. The van der Waals surface area contributed by atoms with Crippen molar-refractivity contribution in [2.24, 2.45) is 5.92 Å². The first-order valence-corrected chi connectivity index (χ1v) is 18.1. The van der Waals surface area contributed by atoms with E-state index in [1.54, 1.807) is 0 Å². The van der Waals surface area contributed by atoms with E-state index in [2.05, 4.69) is 40.7 Å². The molecule has 61 heavy (non-hydrogen) atoms. The highest BCUT2D eigenvalue weighted by Crippen LogP contribution is 2.42. The smallest absolute Gasteiger partial charge is 0.342 e. The molecule has 314 valence electrons. The van der Waals surface area contributed by atoms with E-state index in [0.29, 0.717) is 0 Å². The molecule has 0 aliphatic heterocycles. The zero-order chi connectivity index (χ0) is 44.5. The molecule has 0 saturated carbocycles. The van der Waals surface area contributed by atoms with E-state index in [4.69, 9.17) is 23.7 Å². The molecule has 4 rings (SSSR count). The Hall–Kier alpha value is -8.33. The Morgan fingerprint density at radius 3 is 1.87 bits per heavy atom. The zero-order valence-electron chi connectivity index (χ0n) is 33.1. The molecular weight excluding hydrogens is 793 g/mol. The van der Waals surface area contributed by atoms with Gasteiger partial charge >= 0.3 is 5.97 Å². The summed E-state index contributed by atoms with van der Waals surface area (Å²) >= 11 is 0. The normalized spacial score (nSPS) is 10.7. The molecule has 1 aromatic heterocycles. The van der Waals surface area contributed by atoms with E-state index in [1.807, 2.05) is 6.07 Å². The number of nitriles is 1. The van der Waals surface area contributed by atoms with Crippen LogP contribution in [0.15, 0.2) is 105 Å². The summed E-state index contributed by atoms with van der Waals surface area (Å²) in [5.74, 6) is -4.33. The van der Waals surface area contributed by atoms with Gasteiger partial charge in [0.15, 0.2) is 28.8 Å². The van der Waals surface area contributed by atoms with Crippen LogP contribution in [-0.4, -0.2) is 73.4 Å². The minimum atomic E-state index is -1.07. The van der Waals surface area contributed by atoms with Crippen molar-refractivity contribution in [2.45, 2.75) is 12.8 Å². The first-order chi connectivity index (χ1) is 29.4. The SMILES string of the molecule is C=CCOC(=O)c1ccc(NC(=O)c2ccc(NC(=O)c3ccc(NC(=O)[C@H](CC#N)CC(=O)c4ccc([N+](=O)[O-])cn4)cc3)c(OC)c2OCC=C)c(OC)c1OCC=C. The van der Waals surface area contributed by atoms with Crippen LogP contribution in [-0.2, 0) is 9.53 Å². The Bertz CT molecular complexity index is 2370. The molecule has 0 spiro atoms. The van der Waals surface area contributed by atoms with Crippen molar-refractivity contribution < 1.29 is 52.6 Å². The largest absolute Gasteiger partial charge is 0.491 e. The van der Waals surface area contributed by atoms with Gasteiger partial charge in [0.2, 0.25) is 5.91 Å². The molecule has 1 atom stereocenters. The van der Waals surface area contributed by atoms with Crippen molar-refractivity contribution in [2.75, 3.05) is 50.0 Å². The van der Waals surface area contributed by atoms with E-state index in [0.717, 1.165) is 12.3 Å². The van der Waals surface area contributed by atoms with Crippen molar-refractivity contribution in [3.8, 4) is 29.1 Å². The number of pyridine rings is 1. The fourth-order valence-corrected chi connectivity index (χ4v) is 5.54. The van der Waals surface area contributed by atoms with Gasteiger partial charge in [0.25, 0.3) is 17.5 Å². The number of hydrogen-bond acceptors (Lipinski definition) is 14. The lowest BCUT2D eigenvalue weighted by Gasteiger charge is -2.20. The van der Waals surface area contributed by atoms with Crippen LogP contribution in [0.2, 0.25) is 0 Å². The highest BCUT2D eigenvalue weighted by atomic mass is 16.6. The maximum Gasteiger partial charge on any atom is 0.342 e. The monoisotopic (exact) mass is 832 g/mol. The van der Waals surface area contributed by atoms with Crippen LogP contribution >= 0.6 is 0 Å². The molecule has 3 N–H and O–H groups in total. The summed E-state index contributed by atoms with van der Waals surface area (Å²) < 4.78 is 28.0. The van der Waals surface area contributed by atoms with E-state index in [-0.39, 0.29) is 101 Å². The minimum Gasteiger partial charge on any atom is -0.491 e. The molecule has 4 aromatic rings. The fraction of sp³-hybridized carbons (Fsp3) is 0.186. The number of ether oxygens (including phenoxy) is 5. The van der Waals surface area contributed by atoms with Crippen LogP contribution in [0.1, 0.15) is 54.4 Å². The summed E-state index contributed by atoms with van der Waals surface area (Å²) in [6.07, 6.45) is 4.56. The lowest BCUT2D eigenvalue weighted by atomic mass is 9.96. The van der Waals surface area contributed by atoms with Crippen LogP contribution in [0.5, 0.6) is 23.0 Å². The average molecular weight is 833 g/mol. The van der Waals surface area contributed by atoms with E-state index in [9.17, 15) is 39.3 Å². The first-order valence-electron chi connectivity index (χ1n) is 18.1. The van der Waals surface area contributed by atoms with Crippen LogP contribution in [0.3, 0.4) is 0 Å². The molecule has 0 saturated heterocycles. The third-order valence-electron chi connectivity index (χ3n) is 8.42. The summed E-state index contributed by atoms with van der Waals surface area (Å²) in [4.78, 5) is 80.0. The number of nitro groups is 1. The minimum absolute atomic E-state index is 0.000546. The molecule has 0 aliphatic rings. The second kappa shape index (κ2) is 22.0. The number of carbonyl (C=O) groups is 5. The standard InChI is InChI=1S/C43H40N6O12/c1-6-21-59-36-30(42(53)48-34-18-15-31(43(54)61-23-8-3)37(39(34)58-5)60-22-7-2)14-17-33(38(36)57-4)47-40(51)26-9-11-28(12-10-26)46-41(52)27(19-20-44)24-35(50)32-16-13-29(25-45-32)49(55)56/h6-18,25,27H,1-3,19,21-24H2,4-5H3,(H,46,52)(H,47,51)(H,48,53)/t27-/m1/s1. The predicted octanol–water partition coefficient (Wildman–Crippen LogP) is 6.73. The first kappa shape index (κ1) is 45.4. The molecular formula is C43H40N6O12. The Kier molecular flexibility index (Phi) is 16.4. The number of benzene rings is 3. The van der Waals surface area contributed by atoms with Crippen LogP contribution in [0.25, 0.3) is 0 Å². The number of ketones is 1. The van der Waals surface area contributed by atoms with Crippen molar-refractivity contribution >= 4 is 52.2 Å². The Morgan fingerprint density at radius 1 is 0.770 bits per heavy atom. The molecule has 0 aliphatic carbocycles. The maximum atomic E-state index is 13.8. The average Bonchev–Trinajstić information content (AvgIpc) is 3.26. The van der Waals surface area contributed by atoms with Gasteiger partial charge < -0.3 is 39.6 Å². The van der Waals surface area contributed by atoms with Crippen molar-refractivity contribution in [3.63, 3.8) is 0 Å². The third kappa shape index (κ3) is 11.6. The van der Waals surface area contributed by atoms with Gasteiger partial charge in [-0.1, -0.05) is 38.0 Å². The van der Waals surface area contributed by atoms with Crippen LogP contribution < -0.4 is 34.9 Å². The van der Waals surface area contributed by atoms with Gasteiger partial charge in [0.1, 0.15) is 37.3 Å². The number of carbonyl (C=O) groups excluding carboxylic acids is 5. The third-order valence-corrected chi connectivity index (χ3v) is 8.42. The van der Waals surface area contributed by atoms with Crippen LogP contribution in [0, 0.1) is 27.4 Å². The summed E-state index contributed by atoms with van der Waals surface area (Å²) in [5, 5.41) is 28.3. The van der Waals surface area contributed by atoms with Gasteiger partial charge in [-0.3, -0.25) is 29.3 Å². The molecule has 18 nitrogen and oxygen atoms in total. The molecule has 18 heteroatoms. The number of aromatic nitrogens is 1. The van der Waals surface area contributed by atoms with Crippen molar-refractivity contribution in [3.05, 3.63) is 137 Å². The van der Waals surface area contributed by atoms with E-state index in [1.165, 1.54) is 87.0 Å². The second-order valence-electron chi connectivity index (χ2n) is 12.5. The van der Waals surface area contributed by atoms with Crippen molar-refractivity contribution in [1.82, 2.24) is 4.98 Å². The number of nitrogens with zero attached hydrogens (tertiary/aromatic N) is 3. The van der Waals surface area contributed by atoms with Crippen LogP contribution in [0.4, 0.5) is 22.7 Å². The number of esters is 1. The van der Waals surface area contributed by atoms with E-state index >= 15 is 0 Å². The summed E-state index contributed by atoms with van der Waals surface area (Å²) in [7, 11) is 2.65. The summed E-state index contributed by atoms with van der Waals surface area (Å²) in [6, 6.07) is 15.6. The van der Waals surface area contributed by atoms with Gasteiger partial charge in [-0.25, -0.2) is 9.78 Å².